The van der Waals surface area contributed by atoms with E-state index < -0.39 is 50.5 Å². The van der Waals surface area contributed by atoms with Gasteiger partial charge in [-0.1, -0.05) is 6.08 Å². The number of pyridine rings is 1. The van der Waals surface area contributed by atoms with Gasteiger partial charge in [-0.2, -0.15) is 26.3 Å². The molecule has 1 aromatic heterocycles. The first-order chi connectivity index (χ1) is 19.2. The molecule has 3 aromatic rings. The molecule has 2 bridgehead atoms. The average Bonchev–Trinajstić information content (AvgIpc) is 2.94. The fraction of sp³-hybridized carbons (Fsp3) is 0.393. The Morgan fingerprint density at radius 1 is 1.07 bits per heavy atom. The molecule has 220 valence electrons. The first-order valence-corrected chi connectivity index (χ1v) is 14.3. The highest BCUT2D eigenvalue weighted by Gasteiger charge is 2.45. The molecule has 3 aliphatic rings. The third-order valence-electron chi connectivity index (χ3n) is 8.01. The average molecular weight is 600 g/mol. The van der Waals surface area contributed by atoms with Crippen LogP contribution in [0.1, 0.15) is 35.6 Å². The van der Waals surface area contributed by atoms with Gasteiger partial charge in [-0.25, -0.2) is 13.1 Å². The summed E-state index contributed by atoms with van der Waals surface area (Å²) in [4.78, 5) is 5.31. The summed E-state index contributed by atoms with van der Waals surface area (Å²) in [6, 6.07) is 5.56. The lowest BCUT2D eigenvalue weighted by atomic mass is 9.73. The van der Waals surface area contributed by atoms with E-state index in [1.165, 1.54) is 13.3 Å². The number of alkyl halides is 6. The fourth-order valence-electron chi connectivity index (χ4n) is 5.93. The van der Waals surface area contributed by atoms with E-state index in [1.54, 1.807) is 24.3 Å². The number of hydrogen-bond donors (Lipinski definition) is 1. The van der Waals surface area contributed by atoms with E-state index >= 15 is 0 Å². The zero-order valence-corrected chi connectivity index (χ0v) is 22.7. The van der Waals surface area contributed by atoms with E-state index in [0.29, 0.717) is 41.7 Å². The Kier molecular flexibility index (Phi) is 7.58. The van der Waals surface area contributed by atoms with E-state index in [-0.39, 0.29) is 30.0 Å². The summed E-state index contributed by atoms with van der Waals surface area (Å²) in [6.45, 7) is 5.16. The number of hydrogen-bond acceptors (Lipinski definition) is 5. The Morgan fingerprint density at radius 2 is 1.76 bits per heavy atom. The molecule has 3 fully saturated rings. The van der Waals surface area contributed by atoms with Gasteiger partial charge in [0.25, 0.3) is 0 Å². The third kappa shape index (κ3) is 5.80. The number of fused-ring (bicyclic) bond motifs is 4. The molecule has 4 heterocycles. The lowest BCUT2D eigenvalue weighted by molar-refractivity contribution is -0.143. The van der Waals surface area contributed by atoms with Crippen molar-refractivity contribution in [2.24, 2.45) is 11.8 Å². The molecular weight excluding hydrogens is 572 g/mol. The van der Waals surface area contributed by atoms with Crippen LogP contribution >= 0.6 is 0 Å². The normalized spacial score (nSPS) is 23.9. The maximum Gasteiger partial charge on any atom is 0.416 e. The molecule has 1 unspecified atom stereocenters. The number of aromatic nitrogens is 1. The van der Waals surface area contributed by atoms with E-state index in [1.807, 2.05) is 6.08 Å². The summed E-state index contributed by atoms with van der Waals surface area (Å²) >= 11 is 0. The van der Waals surface area contributed by atoms with Crippen LogP contribution in [0.15, 0.2) is 66.2 Å². The van der Waals surface area contributed by atoms with Gasteiger partial charge in [0.2, 0.25) is 10.0 Å². The largest absolute Gasteiger partial charge is 0.497 e. The van der Waals surface area contributed by atoms with Gasteiger partial charge in [-0.15, -0.1) is 6.58 Å². The molecule has 0 radical (unpaired) electrons. The predicted molar refractivity (Wildman–Crippen MR) is 140 cm³/mol. The van der Waals surface area contributed by atoms with Gasteiger partial charge in [0.1, 0.15) is 5.75 Å². The molecule has 13 heteroatoms. The number of sulfonamides is 1. The van der Waals surface area contributed by atoms with Gasteiger partial charge >= 0.3 is 12.4 Å². The maximum absolute atomic E-state index is 13.7. The van der Waals surface area contributed by atoms with Crippen LogP contribution in [0.4, 0.5) is 26.3 Å². The molecule has 5 atom stereocenters. The first-order valence-electron chi connectivity index (χ1n) is 12.8. The number of benzene rings is 2. The lowest BCUT2D eigenvalue weighted by Gasteiger charge is -2.51. The minimum absolute atomic E-state index is 0.0968. The summed E-state index contributed by atoms with van der Waals surface area (Å²) in [5.41, 5.74) is -2.42. The molecule has 0 amide bonds. The molecule has 2 aromatic carbocycles. The number of rotatable bonds is 7. The Labute approximate surface area is 233 Å². The second kappa shape index (κ2) is 10.6. The van der Waals surface area contributed by atoms with Crippen LogP contribution in [0, 0.1) is 11.8 Å². The summed E-state index contributed by atoms with van der Waals surface area (Å²) < 4.78 is 116. The number of piperidine rings is 3. The van der Waals surface area contributed by atoms with Crippen LogP contribution in [0.25, 0.3) is 10.9 Å². The summed E-state index contributed by atoms with van der Waals surface area (Å²) in [5, 5.41) is 0.544. The summed E-state index contributed by atoms with van der Waals surface area (Å²) in [6.07, 6.45) is -5.64. The Balaban J connectivity index is 1.65. The zero-order chi connectivity index (χ0) is 29.7. The van der Waals surface area contributed by atoms with Crippen LogP contribution < -0.4 is 9.46 Å². The second-order valence-corrected chi connectivity index (χ2v) is 12.1. The molecule has 6 nitrogen and oxygen atoms in total. The van der Waals surface area contributed by atoms with Crippen LogP contribution in [0.2, 0.25) is 0 Å². The smallest absolute Gasteiger partial charge is 0.416 e. The molecule has 0 spiro atoms. The highest BCUT2D eigenvalue weighted by Crippen LogP contribution is 2.43. The van der Waals surface area contributed by atoms with Crippen molar-refractivity contribution in [3.8, 4) is 5.75 Å². The molecule has 6 rings (SSSR count). The zero-order valence-electron chi connectivity index (χ0n) is 21.8. The molecule has 41 heavy (non-hydrogen) atoms. The van der Waals surface area contributed by atoms with Gasteiger partial charge in [0, 0.05) is 24.2 Å². The highest BCUT2D eigenvalue weighted by atomic mass is 32.2. The van der Waals surface area contributed by atoms with E-state index in [9.17, 15) is 34.8 Å². The van der Waals surface area contributed by atoms with Crippen molar-refractivity contribution >= 4 is 20.9 Å². The van der Waals surface area contributed by atoms with Crippen LogP contribution in [-0.4, -0.2) is 44.5 Å². The Hall–Kier alpha value is -3.16. The lowest BCUT2D eigenvalue weighted by Crippen LogP contribution is -2.57. The quantitative estimate of drug-likeness (QED) is 0.259. The van der Waals surface area contributed by atoms with Crippen molar-refractivity contribution in [2.75, 3.05) is 20.2 Å². The standard InChI is InChI=1S/C28H27F6N3O3S/c1-3-16-15-37-9-7-17(16)10-25(37)26(22-6-8-35-24-5-4-20(40-2)14-23(22)24)36-41(38,39)21-12-18(27(29,30)31)11-19(13-21)28(32,33)34/h3-6,8,11-14,16-17,25-26,36H,1,7,9-10,15H2,2H3/t16-,17-,25+,26-/m0/s1. The van der Waals surface area contributed by atoms with Crippen LogP contribution in [-0.2, 0) is 22.4 Å². The van der Waals surface area contributed by atoms with Crippen molar-refractivity contribution in [1.82, 2.24) is 14.6 Å². The summed E-state index contributed by atoms with van der Waals surface area (Å²) in [5.74, 6) is 0.852. The Morgan fingerprint density at radius 3 is 2.32 bits per heavy atom. The van der Waals surface area contributed by atoms with Crippen molar-refractivity contribution in [2.45, 2.75) is 42.2 Å². The molecular formula is C28H27F6N3O3S. The van der Waals surface area contributed by atoms with Crippen LogP contribution in [0.3, 0.4) is 0 Å². The van der Waals surface area contributed by atoms with E-state index in [0.717, 1.165) is 6.42 Å². The first kappa shape index (κ1) is 29.3. The monoisotopic (exact) mass is 599 g/mol. The van der Waals surface area contributed by atoms with E-state index in [4.69, 9.17) is 4.74 Å². The Bertz CT molecular complexity index is 1540. The number of ether oxygens (including phenoxy) is 1. The van der Waals surface area contributed by atoms with Gasteiger partial charge in [-0.3, -0.25) is 9.88 Å². The summed E-state index contributed by atoms with van der Waals surface area (Å²) in [7, 11) is -3.43. The van der Waals surface area contributed by atoms with Crippen molar-refractivity contribution in [3.05, 3.63) is 78.0 Å². The number of nitrogens with one attached hydrogen (secondary N) is 1. The van der Waals surface area contributed by atoms with Gasteiger partial charge in [0.15, 0.2) is 0 Å². The molecule has 3 saturated heterocycles. The molecule has 1 N–H and O–H groups in total. The molecule has 3 aliphatic heterocycles. The second-order valence-electron chi connectivity index (χ2n) is 10.4. The van der Waals surface area contributed by atoms with Crippen LogP contribution in [0.5, 0.6) is 5.75 Å². The minimum atomic E-state index is -5.20. The third-order valence-corrected chi connectivity index (χ3v) is 9.43. The van der Waals surface area contributed by atoms with E-state index in [2.05, 4.69) is 21.2 Å². The fourth-order valence-corrected chi connectivity index (χ4v) is 7.25. The molecule has 0 saturated carbocycles. The van der Waals surface area contributed by atoms with Crippen molar-refractivity contribution < 1.29 is 39.5 Å². The van der Waals surface area contributed by atoms with Gasteiger partial charge in [-0.05, 0) is 79.3 Å². The van der Waals surface area contributed by atoms with Gasteiger partial charge < -0.3 is 4.74 Å². The van der Waals surface area contributed by atoms with Crippen molar-refractivity contribution in [1.29, 1.82) is 0 Å². The predicted octanol–water partition coefficient (Wildman–Crippen LogP) is 6.20. The van der Waals surface area contributed by atoms with Crippen molar-refractivity contribution in [3.63, 3.8) is 0 Å². The minimum Gasteiger partial charge on any atom is -0.497 e. The maximum atomic E-state index is 13.7. The SMILES string of the molecule is C=C[C@H]1CN2CC[C@H]1C[C@@H]2[C@@H](NS(=O)(=O)c1cc(C(F)(F)F)cc(C(F)(F)F)c1)c1ccnc2ccc(OC)cc12. The number of nitrogens with zero attached hydrogens (tertiary/aromatic N) is 2. The number of methoxy groups -OCH3 is 1. The topological polar surface area (TPSA) is 71.5 Å². The molecule has 0 aliphatic carbocycles. The number of halogens is 6. The van der Waals surface area contributed by atoms with Gasteiger partial charge in [0.05, 0.1) is 34.7 Å². The highest BCUT2D eigenvalue weighted by molar-refractivity contribution is 7.89.